The molecule has 0 aromatic carbocycles. The molecule has 0 unspecified atom stereocenters. The lowest BCUT2D eigenvalue weighted by molar-refractivity contribution is 0.162. The van der Waals surface area contributed by atoms with Crippen LogP contribution in [0, 0.1) is 0 Å². The number of urea groups is 1. The number of piperidine rings is 1. The van der Waals surface area contributed by atoms with Gasteiger partial charge in [0.2, 0.25) is 0 Å². The van der Waals surface area contributed by atoms with Crippen LogP contribution in [0.4, 0.5) is 4.79 Å². The summed E-state index contributed by atoms with van der Waals surface area (Å²) in [6.45, 7) is 1.70. The molecule has 0 N–H and O–H groups in total. The summed E-state index contributed by atoms with van der Waals surface area (Å²) in [5.74, 6) is 0. The first-order chi connectivity index (χ1) is 5.61. The van der Waals surface area contributed by atoms with Crippen LogP contribution in [0.2, 0.25) is 0 Å². The highest BCUT2D eigenvalue weighted by molar-refractivity contribution is 7.80. The van der Waals surface area contributed by atoms with E-state index in [9.17, 15) is 4.79 Å². The molecule has 1 saturated heterocycles. The SMILES string of the molecule is CN(C)C(=O)N1CCC(S)CC1. The van der Waals surface area contributed by atoms with Crippen LogP contribution in [0.3, 0.4) is 0 Å². The Bertz CT molecular complexity index is 164. The van der Waals surface area contributed by atoms with Crippen molar-refractivity contribution in [1.82, 2.24) is 9.80 Å². The molecule has 2 amide bonds. The van der Waals surface area contributed by atoms with Crippen molar-refractivity contribution < 1.29 is 4.79 Å². The average Bonchev–Trinajstić information content (AvgIpc) is 2.04. The van der Waals surface area contributed by atoms with Crippen LogP contribution in [0.5, 0.6) is 0 Å². The summed E-state index contributed by atoms with van der Waals surface area (Å²) in [7, 11) is 3.57. The Hall–Kier alpha value is -0.380. The zero-order valence-electron chi connectivity index (χ0n) is 7.66. The minimum atomic E-state index is 0.121. The Morgan fingerprint density at radius 1 is 1.42 bits per heavy atom. The summed E-state index contributed by atoms with van der Waals surface area (Å²) in [6.07, 6.45) is 2.03. The van der Waals surface area contributed by atoms with Crippen molar-refractivity contribution in [3.8, 4) is 0 Å². The van der Waals surface area contributed by atoms with Crippen LogP contribution in [-0.2, 0) is 0 Å². The van der Waals surface area contributed by atoms with Gasteiger partial charge in [0.15, 0.2) is 0 Å². The molecule has 1 fully saturated rings. The molecule has 0 spiro atoms. The van der Waals surface area contributed by atoms with Gasteiger partial charge in [-0.05, 0) is 12.8 Å². The Morgan fingerprint density at radius 3 is 2.33 bits per heavy atom. The van der Waals surface area contributed by atoms with Gasteiger partial charge < -0.3 is 9.80 Å². The van der Waals surface area contributed by atoms with Gasteiger partial charge in [-0.15, -0.1) is 0 Å². The Morgan fingerprint density at radius 2 is 1.92 bits per heavy atom. The van der Waals surface area contributed by atoms with E-state index in [4.69, 9.17) is 0 Å². The van der Waals surface area contributed by atoms with E-state index in [1.165, 1.54) is 0 Å². The summed E-state index contributed by atoms with van der Waals surface area (Å²) in [6, 6.07) is 0.121. The lowest BCUT2D eigenvalue weighted by Crippen LogP contribution is -2.44. The maximum Gasteiger partial charge on any atom is 0.319 e. The monoisotopic (exact) mass is 188 g/mol. The summed E-state index contributed by atoms with van der Waals surface area (Å²) < 4.78 is 0. The van der Waals surface area contributed by atoms with Crippen molar-refractivity contribution in [2.24, 2.45) is 0 Å². The highest BCUT2D eigenvalue weighted by Crippen LogP contribution is 2.15. The summed E-state index contributed by atoms with van der Waals surface area (Å²) in [5.41, 5.74) is 0. The third-order valence-electron chi connectivity index (χ3n) is 2.12. The Balaban J connectivity index is 2.39. The maximum atomic E-state index is 11.4. The fourth-order valence-corrected chi connectivity index (χ4v) is 1.57. The van der Waals surface area contributed by atoms with Gasteiger partial charge >= 0.3 is 6.03 Å². The van der Waals surface area contributed by atoms with Crippen LogP contribution in [0.25, 0.3) is 0 Å². The van der Waals surface area contributed by atoms with Crippen LogP contribution in [0.15, 0.2) is 0 Å². The molecule has 0 atom stereocenters. The van der Waals surface area contributed by atoms with Crippen molar-refractivity contribution in [2.75, 3.05) is 27.2 Å². The molecule has 1 rings (SSSR count). The molecule has 1 aliphatic heterocycles. The molecule has 12 heavy (non-hydrogen) atoms. The largest absolute Gasteiger partial charge is 0.331 e. The van der Waals surface area contributed by atoms with E-state index in [-0.39, 0.29) is 6.03 Å². The minimum absolute atomic E-state index is 0.121. The molecule has 70 valence electrons. The molecule has 0 aromatic rings. The highest BCUT2D eigenvalue weighted by atomic mass is 32.1. The number of amides is 2. The standard InChI is InChI=1S/C8H16N2OS/c1-9(2)8(11)10-5-3-7(12)4-6-10/h7,12H,3-6H2,1-2H3. The summed E-state index contributed by atoms with van der Waals surface area (Å²) in [5, 5.41) is 0.483. The van der Waals surface area contributed by atoms with Crippen LogP contribution in [-0.4, -0.2) is 48.3 Å². The van der Waals surface area contributed by atoms with Crippen LogP contribution < -0.4 is 0 Å². The molecule has 1 heterocycles. The molecule has 0 saturated carbocycles. The normalized spacial score (nSPS) is 19.4. The Kier molecular flexibility index (Phi) is 3.26. The molecule has 0 aliphatic carbocycles. The summed E-state index contributed by atoms with van der Waals surface area (Å²) >= 11 is 4.37. The maximum absolute atomic E-state index is 11.4. The first kappa shape index (κ1) is 9.71. The van der Waals surface area contributed by atoms with Crippen molar-refractivity contribution in [2.45, 2.75) is 18.1 Å². The second-order valence-electron chi connectivity index (χ2n) is 3.40. The number of carbonyl (C=O) groups is 1. The predicted molar refractivity (Wildman–Crippen MR) is 52.7 cm³/mol. The van der Waals surface area contributed by atoms with Gasteiger partial charge in [-0.2, -0.15) is 12.6 Å². The predicted octanol–water partition coefficient (Wildman–Crippen LogP) is 1.06. The summed E-state index contributed by atoms with van der Waals surface area (Å²) in [4.78, 5) is 14.9. The average molecular weight is 188 g/mol. The van der Waals surface area contributed by atoms with Crippen molar-refractivity contribution in [3.05, 3.63) is 0 Å². The molecule has 3 nitrogen and oxygen atoms in total. The first-order valence-corrected chi connectivity index (χ1v) is 4.77. The molecular weight excluding hydrogens is 172 g/mol. The van der Waals surface area contributed by atoms with E-state index in [1.54, 1.807) is 19.0 Å². The topological polar surface area (TPSA) is 23.6 Å². The number of thiol groups is 1. The fourth-order valence-electron chi connectivity index (χ4n) is 1.34. The molecular formula is C8H16N2OS. The lowest BCUT2D eigenvalue weighted by atomic mass is 10.1. The van der Waals surface area contributed by atoms with Crippen molar-refractivity contribution >= 4 is 18.7 Å². The van der Waals surface area contributed by atoms with E-state index in [2.05, 4.69) is 12.6 Å². The third kappa shape index (κ3) is 2.30. The minimum Gasteiger partial charge on any atom is -0.331 e. The molecule has 0 bridgehead atoms. The number of rotatable bonds is 0. The smallest absolute Gasteiger partial charge is 0.319 e. The quantitative estimate of drug-likeness (QED) is 0.565. The zero-order chi connectivity index (χ0) is 9.14. The molecule has 4 heteroatoms. The van der Waals surface area contributed by atoms with E-state index in [0.717, 1.165) is 25.9 Å². The highest BCUT2D eigenvalue weighted by Gasteiger charge is 2.21. The lowest BCUT2D eigenvalue weighted by Gasteiger charge is -2.31. The molecule has 1 aliphatic rings. The van der Waals surface area contributed by atoms with Gasteiger partial charge in [0.05, 0.1) is 0 Å². The fraction of sp³-hybridized carbons (Fsp3) is 0.875. The number of hydrogen-bond donors (Lipinski definition) is 1. The van der Waals surface area contributed by atoms with E-state index >= 15 is 0 Å². The van der Waals surface area contributed by atoms with Crippen LogP contribution in [0.1, 0.15) is 12.8 Å². The van der Waals surface area contributed by atoms with E-state index < -0.39 is 0 Å². The van der Waals surface area contributed by atoms with Gasteiger partial charge in [0.25, 0.3) is 0 Å². The molecule has 0 radical (unpaired) electrons. The van der Waals surface area contributed by atoms with Gasteiger partial charge in [-0.1, -0.05) is 0 Å². The number of likely N-dealkylation sites (tertiary alicyclic amines) is 1. The van der Waals surface area contributed by atoms with Crippen molar-refractivity contribution in [1.29, 1.82) is 0 Å². The van der Waals surface area contributed by atoms with Gasteiger partial charge in [0, 0.05) is 32.4 Å². The first-order valence-electron chi connectivity index (χ1n) is 4.25. The molecule has 0 aromatic heterocycles. The van der Waals surface area contributed by atoms with Gasteiger partial charge in [-0.3, -0.25) is 0 Å². The van der Waals surface area contributed by atoms with E-state index in [0.29, 0.717) is 5.25 Å². The second kappa shape index (κ2) is 4.03. The number of carbonyl (C=O) groups excluding carboxylic acids is 1. The third-order valence-corrected chi connectivity index (χ3v) is 2.63. The second-order valence-corrected chi connectivity index (χ2v) is 4.13. The van der Waals surface area contributed by atoms with E-state index in [1.807, 2.05) is 4.90 Å². The zero-order valence-corrected chi connectivity index (χ0v) is 8.55. The number of nitrogens with zero attached hydrogens (tertiary/aromatic N) is 2. The Labute approximate surface area is 79.1 Å². The number of hydrogen-bond acceptors (Lipinski definition) is 2. The van der Waals surface area contributed by atoms with Gasteiger partial charge in [0.1, 0.15) is 0 Å². The van der Waals surface area contributed by atoms with Gasteiger partial charge in [-0.25, -0.2) is 4.79 Å². The van der Waals surface area contributed by atoms with Crippen LogP contribution >= 0.6 is 12.6 Å². The van der Waals surface area contributed by atoms with Crippen molar-refractivity contribution in [3.63, 3.8) is 0 Å².